The number of nitrogens with one attached hydrogen (secondary N) is 1. The molecule has 1 aliphatic carbocycles. The van der Waals surface area contributed by atoms with E-state index in [0.717, 1.165) is 12.8 Å². The van der Waals surface area contributed by atoms with E-state index in [4.69, 9.17) is 16.3 Å². The molecule has 43 heavy (non-hydrogen) atoms. The van der Waals surface area contributed by atoms with Crippen LogP contribution in [0.4, 0.5) is 9.18 Å². The average Bonchev–Trinajstić information content (AvgIpc) is 3.41. The van der Waals surface area contributed by atoms with Crippen molar-refractivity contribution in [1.29, 1.82) is 0 Å². The normalized spacial score (nSPS) is 26.7. The molecule has 2 heterocycles. The number of nitrogens with zero attached hydrogens (tertiary/aromatic N) is 2. The van der Waals surface area contributed by atoms with E-state index >= 15 is 0 Å². The number of likely N-dealkylation sites (tertiary alicyclic amines) is 1. The first kappa shape index (κ1) is 29.8. The van der Waals surface area contributed by atoms with Crippen molar-refractivity contribution in [3.8, 4) is 5.75 Å². The summed E-state index contributed by atoms with van der Waals surface area (Å²) in [4.78, 5) is 17.7. The van der Waals surface area contributed by atoms with Crippen LogP contribution >= 0.6 is 11.6 Å². The summed E-state index contributed by atoms with van der Waals surface area (Å²) in [5.74, 6) is -0.756. The third-order valence-corrected chi connectivity index (χ3v) is 9.84. The van der Waals surface area contributed by atoms with E-state index in [1.807, 2.05) is 14.1 Å². The lowest BCUT2D eigenvalue weighted by atomic mass is 9.70. The summed E-state index contributed by atoms with van der Waals surface area (Å²) in [5, 5.41) is 37.3. The van der Waals surface area contributed by atoms with Crippen molar-refractivity contribution in [2.24, 2.45) is 0 Å². The van der Waals surface area contributed by atoms with Crippen LogP contribution in [0, 0.1) is 5.82 Å². The molecule has 3 aromatic carbocycles. The number of rotatable bonds is 6. The number of hydrogen-bond donors (Lipinski definition) is 4. The molecule has 10 heteroatoms. The molecule has 0 spiro atoms. The molecule has 2 aliphatic heterocycles. The maximum Gasteiger partial charge on any atom is 0.317 e. The number of ether oxygens (including phenoxy) is 1. The van der Waals surface area contributed by atoms with Crippen molar-refractivity contribution in [2.75, 3.05) is 27.2 Å². The van der Waals surface area contributed by atoms with Gasteiger partial charge in [0.1, 0.15) is 11.6 Å². The number of carbonyl (C=O) groups excluding carboxylic acids is 1. The van der Waals surface area contributed by atoms with Crippen LogP contribution in [-0.4, -0.2) is 70.4 Å². The molecule has 6 rings (SSSR count). The molecule has 2 fully saturated rings. The summed E-state index contributed by atoms with van der Waals surface area (Å²) in [6.45, 7) is 0.420. The second-order valence-electron chi connectivity index (χ2n) is 12.1. The number of fused-ring (bicyclic) bond motifs is 3. The zero-order chi connectivity index (χ0) is 30.5. The first-order chi connectivity index (χ1) is 20.6. The van der Waals surface area contributed by atoms with Gasteiger partial charge in [-0.2, -0.15) is 0 Å². The van der Waals surface area contributed by atoms with Crippen molar-refractivity contribution < 1.29 is 29.2 Å². The van der Waals surface area contributed by atoms with E-state index in [9.17, 15) is 24.5 Å². The molecule has 4 atom stereocenters. The molecule has 3 aromatic rings. The van der Waals surface area contributed by atoms with Gasteiger partial charge < -0.3 is 35.2 Å². The van der Waals surface area contributed by atoms with Crippen LogP contribution in [0.2, 0.25) is 5.02 Å². The molecule has 2 amide bonds. The Bertz CT molecular complexity index is 1510. The zero-order valence-corrected chi connectivity index (χ0v) is 25.0. The van der Waals surface area contributed by atoms with Gasteiger partial charge in [0.2, 0.25) is 0 Å². The lowest BCUT2D eigenvalue weighted by Crippen LogP contribution is -2.59. The van der Waals surface area contributed by atoms with Crippen molar-refractivity contribution in [2.45, 2.75) is 61.7 Å². The number of hydrogen-bond acceptors (Lipinski definition) is 6. The number of aliphatic hydroxyl groups excluding tert-OH is 2. The first-order valence-electron chi connectivity index (χ1n) is 14.6. The van der Waals surface area contributed by atoms with E-state index in [1.165, 1.54) is 12.1 Å². The Morgan fingerprint density at radius 1 is 1.09 bits per heavy atom. The van der Waals surface area contributed by atoms with Gasteiger partial charge in [0, 0.05) is 35.6 Å². The van der Waals surface area contributed by atoms with Crippen molar-refractivity contribution in [3.63, 3.8) is 0 Å². The van der Waals surface area contributed by atoms with Crippen LogP contribution < -0.4 is 10.1 Å². The fourth-order valence-electron chi connectivity index (χ4n) is 7.51. The molecule has 228 valence electrons. The Balaban J connectivity index is 1.51. The van der Waals surface area contributed by atoms with Crippen molar-refractivity contribution >= 4 is 17.6 Å². The molecular formula is C33H37ClFN3O5. The van der Waals surface area contributed by atoms with Crippen LogP contribution in [0.15, 0.2) is 60.7 Å². The Morgan fingerprint density at radius 3 is 2.44 bits per heavy atom. The van der Waals surface area contributed by atoms with Gasteiger partial charge in [-0.25, -0.2) is 9.18 Å². The summed E-state index contributed by atoms with van der Waals surface area (Å²) >= 11 is 6.28. The van der Waals surface area contributed by atoms with Crippen LogP contribution in [-0.2, 0) is 24.4 Å². The fourth-order valence-corrected chi connectivity index (χ4v) is 7.63. The molecule has 8 nitrogen and oxygen atoms in total. The summed E-state index contributed by atoms with van der Waals surface area (Å²) in [6, 6.07) is 15.6. The third kappa shape index (κ3) is 4.78. The van der Waals surface area contributed by atoms with Gasteiger partial charge in [0.15, 0.2) is 11.2 Å². The average molecular weight is 610 g/mol. The number of aliphatic hydroxyl groups is 3. The maximum absolute atomic E-state index is 14.7. The summed E-state index contributed by atoms with van der Waals surface area (Å²) < 4.78 is 21.5. The quantitative estimate of drug-likeness (QED) is 0.333. The second kappa shape index (κ2) is 11.4. The molecule has 4 N–H and O–H groups in total. The maximum atomic E-state index is 14.7. The SMILES string of the molecule is CN(C)C1CCN(C(=O)N[C@H]2C[C@@H](c3cccc(F)c3)[C@]3(c4ccc(Cl)cc4)Oc4cc(CO)cc(CO)c4[C@]23O)CC1. The third-order valence-electron chi connectivity index (χ3n) is 9.59. The van der Waals surface area contributed by atoms with Crippen LogP contribution in [0.3, 0.4) is 0 Å². The first-order valence-corrected chi connectivity index (χ1v) is 15.0. The Hall–Kier alpha value is -3.21. The van der Waals surface area contributed by atoms with Crippen LogP contribution in [0.5, 0.6) is 5.75 Å². The van der Waals surface area contributed by atoms with E-state index < -0.39 is 35.6 Å². The van der Waals surface area contributed by atoms with E-state index in [2.05, 4.69) is 10.2 Å². The number of halogens is 2. The second-order valence-corrected chi connectivity index (χ2v) is 12.5. The minimum Gasteiger partial charge on any atom is -0.478 e. The minimum absolute atomic E-state index is 0.231. The molecule has 3 aliphatic rings. The van der Waals surface area contributed by atoms with E-state index in [-0.39, 0.29) is 19.1 Å². The van der Waals surface area contributed by atoms with Crippen LogP contribution in [0.25, 0.3) is 0 Å². The zero-order valence-electron chi connectivity index (χ0n) is 24.3. The van der Waals surface area contributed by atoms with E-state index in [1.54, 1.807) is 53.4 Å². The molecule has 0 radical (unpaired) electrons. The predicted molar refractivity (Wildman–Crippen MR) is 160 cm³/mol. The molecule has 1 saturated heterocycles. The molecular weight excluding hydrogens is 573 g/mol. The monoisotopic (exact) mass is 609 g/mol. The lowest BCUT2D eigenvalue weighted by Gasteiger charge is -2.42. The smallest absolute Gasteiger partial charge is 0.317 e. The van der Waals surface area contributed by atoms with Gasteiger partial charge in [0.05, 0.1) is 19.3 Å². The molecule has 0 aromatic heterocycles. The van der Waals surface area contributed by atoms with Gasteiger partial charge in [-0.3, -0.25) is 0 Å². The van der Waals surface area contributed by atoms with Gasteiger partial charge in [-0.1, -0.05) is 41.9 Å². The summed E-state index contributed by atoms with van der Waals surface area (Å²) in [6.07, 6.45) is 1.90. The number of urea groups is 1. The predicted octanol–water partition coefficient (Wildman–Crippen LogP) is 4.23. The van der Waals surface area contributed by atoms with Crippen molar-refractivity contribution in [3.05, 3.63) is 99.3 Å². The van der Waals surface area contributed by atoms with Gasteiger partial charge in [-0.05, 0) is 85.9 Å². The number of amides is 2. The Labute approximate surface area is 255 Å². The number of benzene rings is 3. The number of carbonyl (C=O) groups is 1. The Kier molecular flexibility index (Phi) is 7.89. The highest BCUT2D eigenvalue weighted by Gasteiger charge is 2.73. The fraction of sp³-hybridized carbons (Fsp3) is 0.424. The Morgan fingerprint density at radius 2 is 1.81 bits per heavy atom. The largest absolute Gasteiger partial charge is 0.478 e. The topological polar surface area (TPSA) is 106 Å². The van der Waals surface area contributed by atoms with Gasteiger partial charge in [0.25, 0.3) is 0 Å². The van der Waals surface area contributed by atoms with Crippen LogP contribution in [0.1, 0.15) is 53.0 Å². The minimum atomic E-state index is -1.88. The lowest BCUT2D eigenvalue weighted by molar-refractivity contribution is -0.116. The highest BCUT2D eigenvalue weighted by atomic mass is 35.5. The van der Waals surface area contributed by atoms with E-state index in [0.29, 0.717) is 57.7 Å². The van der Waals surface area contributed by atoms with Gasteiger partial charge in [-0.15, -0.1) is 0 Å². The highest BCUT2D eigenvalue weighted by Crippen LogP contribution is 2.67. The molecule has 0 unspecified atom stereocenters. The number of piperidine rings is 1. The van der Waals surface area contributed by atoms with Gasteiger partial charge >= 0.3 is 6.03 Å². The van der Waals surface area contributed by atoms with Crippen molar-refractivity contribution in [1.82, 2.24) is 15.1 Å². The summed E-state index contributed by atoms with van der Waals surface area (Å²) in [5.41, 5.74) is -0.994. The molecule has 1 saturated carbocycles. The molecule has 0 bridgehead atoms. The summed E-state index contributed by atoms with van der Waals surface area (Å²) in [7, 11) is 4.08. The highest BCUT2D eigenvalue weighted by molar-refractivity contribution is 6.30. The standard InChI is InChI=1S/C33H37ClFN3O5/c1-37(2)26-10-12-38(13-11-26)31(41)36-29-17-27(21-4-3-5-25(35)16-21)33(23-6-8-24(34)9-7-23)32(29,42)30-22(19-40)14-20(18-39)15-28(30)43-33/h3-9,14-16,26-27,29,39-40,42H,10-13,17-19H2,1-2H3,(H,36,41)/t27-,29-,32+,33-/m0/s1.